The largest absolute Gasteiger partial charge is 0.481 e. The Bertz CT molecular complexity index is 1060. The number of aliphatic carboxylic acids is 1. The van der Waals surface area contributed by atoms with Gasteiger partial charge in [0.1, 0.15) is 5.82 Å². The van der Waals surface area contributed by atoms with E-state index in [1.807, 2.05) is 6.08 Å². The number of carboxylic acid groups (broad SMARTS) is 1. The maximum absolute atomic E-state index is 13.2. The van der Waals surface area contributed by atoms with E-state index in [0.29, 0.717) is 50.3 Å². The highest BCUT2D eigenvalue weighted by Gasteiger charge is 2.34. The van der Waals surface area contributed by atoms with Crippen molar-refractivity contribution in [2.75, 3.05) is 36.4 Å². The normalized spacial score (nSPS) is 20.4. The van der Waals surface area contributed by atoms with E-state index in [4.69, 9.17) is 0 Å². The Morgan fingerprint density at radius 1 is 0.879 bits per heavy atom. The molecule has 0 spiro atoms. The van der Waals surface area contributed by atoms with Gasteiger partial charge in [-0.25, -0.2) is 4.39 Å². The van der Waals surface area contributed by atoms with Gasteiger partial charge in [0.25, 0.3) is 5.91 Å². The number of amides is 2. The van der Waals surface area contributed by atoms with Crippen LogP contribution in [0.15, 0.2) is 60.7 Å². The van der Waals surface area contributed by atoms with Crippen LogP contribution in [0.3, 0.4) is 0 Å². The molecule has 1 heterocycles. The summed E-state index contributed by atoms with van der Waals surface area (Å²) < 4.78 is 13.2. The average molecular weight is 451 g/mol. The third-order valence-corrected chi connectivity index (χ3v) is 6.26. The molecule has 2 atom stereocenters. The number of carbonyl (C=O) groups is 3. The number of nitrogens with zero attached hydrogens (tertiary/aromatic N) is 2. The van der Waals surface area contributed by atoms with Crippen molar-refractivity contribution in [3.63, 3.8) is 0 Å². The van der Waals surface area contributed by atoms with Crippen molar-refractivity contribution in [2.24, 2.45) is 11.8 Å². The number of carboxylic acids is 1. The maximum Gasteiger partial charge on any atom is 0.307 e. The van der Waals surface area contributed by atoms with Crippen molar-refractivity contribution in [3.05, 3.63) is 72.1 Å². The van der Waals surface area contributed by atoms with E-state index < -0.39 is 23.7 Å². The van der Waals surface area contributed by atoms with Gasteiger partial charge in [0.2, 0.25) is 5.91 Å². The summed E-state index contributed by atoms with van der Waals surface area (Å²) in [7, 11) is 0. The number of hydrogen-bond donors (Lipinski definition) is 2. The lowest BCUT2D eigenvalue weighted by Gasteiger charge is -2.36. The van der Waals surface area contributed by atoms with Crippen molar-refractivity contribution in [1.82, 2.24) is 4.90 Å². The molecule has 0 saturated carbocycles. The first kappa shape index (κ1) is 22.5. The molecular formula is C25H26FN3O4. The van der Waals surface area contributed by atoms with Crippen molar-refractivity contribution >= 4 is 29.2 Å². The van der Waals surface area contributed by atoms with Crippen LogP contribution in [0, 0.1) is 17.7 Å². The van der Waals surface area contributed by atoms with Gasteiger partial charge in [-0.15, -0.1) is 0 Å². The predicted molar refractivity (Wildman–Crippen MR) is 123 cm³/mol. The summed E-state index contributed by atoms with van der Waals surface area (Å²) in [5.41, 5.74) is 1.66. The number of halogens is 1. The van der Waals surface area contributed by atoms with Gasteiger partial charge in [0.05, 0.1) is 23.1 Å². The molecule has 2 aliphatic rings. The number of rotatable bonds is 5. The fourth-order valence-electron chi connectivity index (χ4n) is 4.37. The first-order valence-electron chi connectivity index (χ1n) is 11.0. The summed E-state index contributed by atoms with van der Waals surface area (Å²) in [5, 5.41) is 12.3. The topological polar surface area (TPSA) is 90.0 Å². The van der Waals surface area contributed by atoms with E-state index in [2.05, 4.69) is 10.2 Å². The SMILES string of the molecule is O=C(Nc1ccccc1C(=O)N1CCN(c2ccc(F)cc2)CC1)[C@H]1CC=CC[C@H]1C(=O)O. The predicted octanol–water partition coefficient (Wildman–Crippen LogP) is 3.39. The minimum Gasteiger partial charge on any atom is -0.481 e. The zero-order chi connectivity index (χ0) is 23.4. The van der Waals surface area contributed by atoms with Crippen LogP contribution in [0.25, 0.3) is 0 Å². The van der Waals surface area contributed by atoms with Gasteiger partial charge < -0.3 is 20.2 Å². The third kappa shape index (κ3) is 5.05. The molecular weight excluding hydrogens is 425 g/mol. The Labute approximate surface area is 191 Å². The van der Waals surface area contributed by atoms with Gasteiger partial charge in [0.15, 0.2) is 0 Å². The molecule has 4 rings (SSSR count). The Morgan fingerprint density at radius 2 is 1.52 bits per heavy atom. The van der Waals surface area contributed by atoms with E-state index >= 15 is 0 Å². The minimum atomic E-state index is -0.997. The molecule has 2 N–H and O–H groups in total. The first-order valence-corrected chi connectivity index (χ1v) is 11.0. The zero-order valence-corrected chi connectivity index (χ0v) is 18.1. The highest BCUT2D eigenvalue weighted by atomic mass is 19.1. The lowest BCUT2D eigenvalue weighted by Crippen LogP contribution is -2.49. The monoisotopic (exact) mass is 451 g/mol. The number of carbonyl (C=O) groups excluding carboxylic acids is 2. The molecule has 2 aromatic rings. The van der Waals surface area contributed by atoms with Gasteiger partial charge in [0, 0.05) is 31.9 Å². The van der Waals surface area contributed by atoms with E-state index in [0.717, 1.165) is 5.69 Å². The second-order valence-electron chi connectivity index (χ2n) is 8.28. The lowest BCUT2D eigenvalue weighted by atomic mass is 9.82. The van der Waals surface area contributed by atoms with Crippen LogP contribution < -0.4 is 10.2 Å². The van der Waals surface area contributed by atoms with Gasteiger partial charge in [-0.2, -0.15) is 0 Å². The summed E-state index contributed by atoms with van der Waals surface area (Å²) in [6.45, 7) is 2.21. The van der Waals surface area contributed by atoms with Crippen molar-refractivity contribution in [3.8, 4) is 0 Å². The molecule has 0 radical (unpaired) electrons. The molecule has 2 amide bonds. The van der Waals surface area contributed by atoms with Crippen LogP contribution in [0.1, 0.15) is 23.2 Å². The molecule has 1 aliphatic heterocycles. The van der Waals surface area contributed by atoms with Crippen molar-refractivity contribution in [1.29, 1.82) is 0 Å². The van der Waals surface area contributed by atoms with Crippen LogP contribution in [0.2, 0.25) is 0 Å². The summed E-state index contributed by atoms with van der Waals surface area (Å²) in [4.78, 5) is 41.5. The first-order chi connectivity index (χ1) is 15.9. The van der Waals surface area contributed by atoms with Crippen LogP contribution in [0.4, 0.5) is 15.8 Å². The fraction of sp³-hybridized carbons (Fsp3) is 0.320. The van der Waals surface area contributed by atoms with E-state index in [9.17, 15) is 23.9 Å². The van der Waals surface area contributed by atoms with Crippen molar-refractivity contribution < 1.29 is 23.9 Å². The molecule has 172 valence electrons. The number of piperazine rings is 1. The second kappa shape index (κ2) is 9.85. The van der Waals surface area contributed by atoms with E-state index in [1.165, 1.54) is 12.1 Å². The maximum atomic E-state index is 13.2. The number of benzene rings is 2. The van der Waals surface area contributed by atoms with Crippen LogP contribution in [-0.4, -0.2) is 54.0 Å². The number of hydrogen-bond acceptors (Lipinski definition) is 4. The van der Waals surface area contributed by atoms with E-state index in [-0.39, 0.29) is 11.7 Å². The van der Waals surface area contributed by atoms with Gasteiger partial charge >= 0.3 is 5.97 Å². The Hall–Kier alpha value is -3.68. The summed E-state index contributed by atoms with van der Waals surface area (Å²) in [6, 6.07) is 13.1. The number of allylic oxidation sites excluding steroid dienone is 2. The highest BCUT2D eigenvalue weighted by Crippen LogP contribution is 2.28. The van der Waals surface area contributed by atoms with E-state index in [1.54, 1.807) is 47.4 Å². The van der Waals surface area contributed by atoms with Crippen molar-refractivity contribution in [2.45, 2.75) is 12.8 Å². The van der Waals surface area contributed by atoms with Gasteiger partial charge in [-0.3, -0.25) is 14.4 Å². The quantitative estimate of drug-likeness (QED) is 0.681. The summed E-state index contributed by atoms with van der Waals surface area (Å²) >= 11 is 0. The van der Waals surface area contributed by atoms with Gasteiger partial charge in [-0.05, 0) is 49.2 Å². The number of anilines is 2. The molecule has 7 nitrogen and oxygen atoms in total. The second-order valence-corrected chi connectivity index (χ2v) is 8.28. The lowest BCUT2D eigenvalue weighted by molar-refractivity contribution is -0.146. The molecule has 0 unspecified atom stereocenters. The number of nitrogens with one attached hydrogen (secondary N) is 1. The summed E-state index contributed by atoms with van der Waals surface area (Å²) in [5.74, 6) is -3.34. The molecule has 1 fully saturated rings. The standard InChI is InChI=1S/C25H26FN3O4/c26-17-9-11-18(12-10-17)28-13-15-29(16-14-28)24(31)21-7-3-4-8-22(21)27-23(30)19-5-1-2-6-20(19)25(32)33/h1-4,7-12,19-20H,5-6,13-16H2,(H,27,30)(H,32,33)/t19-,20+/m0/s1. The third-order valence-electron chi connectivity index (χ3n) is 6.26. The molecule has 1 saturated heterocycles. The molecule has 1 aliphatic carbocycles. The van der Waals surface area contributed by atoms with Crippen LogP contribution >= 0.6 is 0 Å². The fourth-order valence-corrected chi connectivity index (χ4v) is 4.37. The molecule has 0 bridgehead atoms. The Balaban J connectivity index is 1.43. The van der Waals surface area contributed by atoms with Crippen LogP contribution in [-0.2, 0) is 9.59 Å². The summed E-state index contributed by atoms with van der Waals surface area (Å²) in [6.07, 6.45) is 4.27. The van der Waals surface area contributed by atoms with Crippen LogP contribution in [0.5, 0.6) is 0 Å². The molecule has 8 heteroatoms. The molecule has 0 aromatic heterocycles. The smallest absolute Gasteiger partial charge is 0.307 e. The average Bonchev–Trinajstić information content (AvgIpc) is 2.84. The number of para-hydroxylation sites is 1. The van der Waals surface area contributed by atoms with Gasteiger partial charge in [-0.1, -0.05) is 24.3 Å². The highest BCUT2D eigenvalue weighted by molar-refractivity contribution is 6.04. The molecule has 33 heavy (non-hydrogen) atoms. The Kier molecular flexibility index (Phi) is 6.72. The molecule has 2 aromatic carbocycles. The Morgan fingerprint density at radius 3 is 2.18 bits per heavy atom. The minimum absolute atomic E-state index is 0.192. The zero-order valence-electron chi connectivity index (χ0n) is 18.1.